The molecule has 4 nitrogen and oxygen atoms in total. The maximum Gasteiger partial charge on any atom is 0.258 e. The van der Waals surface area contributed by atoms with Crippen LogP contribution in [0.4, 0.5) is 0 Å². The molecule has 1 aromatic carbocycles. The molecule has 1 fully saturated rings. The molecule has 0 aliphatic carbocycles. The lowest BCUT2D eigenvalue weighted by molar-refractivity contribution is -0.00351. The summed E-state index contributed by atoms with van der Waals surface area (Å²) in [6.07, 6.45) is 1.63. The third-order valence-electron chi connectivity index (χ3n) is 3.19. The van der Waals surface area contributed by atoms with Crippen LogP contribution >= 0.6 is 12.4 Å². The summed E-state index contributed by atoms with van der Waals surface area (Å²) in [6.45, 7) is 1.75. The van der Waals surface area contributed by atoms with Gasteiger partial charge < -0.3 is 15.4 Å². The van der Waals surface area contributed by atoms with Crippen molar-refractivity contribution in [2.45, 2.75) is 18.6 Å². The molecule has 0 radical (unpaired) electrons. The van der Waals surface area contributed by atoms with E-state index in [0.29, 0.717) is 11.3 Å². The molecule has 17 heavy (non-hydrogen) atoms. The van der Waals surface area contributed by atoms with Gasteiger partial charge in [0.25, 0.3) is 5.91 Å². The molecule has 0 aromatic heterocycles. The van der Waals surface area contributed by atoms with Gasteiger partial charge in [-0.05, 0) is 12.1 Å². The van der Waals surface area contributed by atoms with Gasteiger partial charge in [0.15, 0.2) is 5.72 Å². The number of fused-ring (bicyclic) bond motifs is 1. The zero-order chi connectivity index (χ0) is 11.0. The van der Waals surface area contributed by atoms with Crippen LogP contribution in [0, 0.1) is 0 Å². The molecular weight excluding hydrogens is 240 g/mol. The minimum atomic E-state index is -0.489. The number of carbonyl (C=O) groups excluding carboxylic acids is 1. The summed E-state index contributed by atoms with van der Waals surface area (Å²) in [4.78, 5) is 11.9. The van der Waals surface area contributed by atoms with Gasteiger partial charge in [0.2, 0.25) is 0 Å². The van der Waals surface area contributed by atoms with Crippen molar-refractivity contribution in [2.75, 3.05) is 13.1 Å². The molecule has 5 heteroatoms. The Kier molecular flexibility index (Phi) is 3.26. The molecule has 1 saturated heterocycles. The first-order chi connectivity index (χ1) is 7.79. The van der Waals surface area contributed by atoms with Crippen molar-refractivity contribution in [3.8, 4) is 5.75 Å². The molecule has 2 aliphatic heterocycles. The molecule has 2 N–H and O–H groups in total. The Labute approximate surface area is 106 Å². The van der Waals surface area contributed by atoms with Crippen molar-refractivity contribution in [2.24, 2.45) is 0 Å². The van der Waals surface area contributed by atoms with E-state index >= 15 is 0 Å². The van der Waals surface area contributed by atoms with E-state index < -0.39 is 5.72 Å². The maximum atomic E-state index is 11.9. The minimum absolute atomic E-state index is 0. The van der Waals surface area contributed by atoms with Crippen LogP contribution < -0.4 is 15.4 Å². The molecule has 0 atom stereocenters. The van der Waals surface area contributed by atoms with E-state index in [2.05, 4.69) is 10.6 Å². The summed E-state index contributed by atoms with van der Waals surface area (Å²) >= 11 is 0. The second-order valence-corrected chi connectivity index (χ2v) is 4.30. The highest BCUT2D eigenvalue weighted by atomic mass is 35.5. The molecule has 1 spiro atoms. The number of rotatable bonds is 0. The molecule has 1 amide bonds. The average Bonchev–Trinajstić information content (AvgIpc) is 2.30. The molecule has 1 aromatic rings. The standard InChI is InChI=1S/C12H14N2O2.ClH/c15-11-9-3-1-2-4-10(9)16-12(14-11)5-7-13-8-6-12;/h1-4,13H,5-8H2,(H,14,15);1H. The fourth-order valence-corrected chi connectivity index (χ4v) is 2.31. The molecule has 92 valence electrons. The number of hydrogen-bond acceptors (Lipinski definition) is 3. The number of carbonyl (C=O) groups is 1. The Balaban J connectivity index is 0.00000108. The molecule has 0 unspecified atom stereocenters. The second kappa shape index (κ2) is 4.55. The zero-order valence-electron chi connectivity index (χ0n) is 9.36. The van der Waals surface area contributed by atoms with E-state index in [9.17, 15) is 4.79 Å². The van der Waals surface area contributed by atoms with Crippen LogP contribution in [0.15, 0.2) is 24.3 Å². The van der Waals surface area contributed by atoms with E-state index in [1.54, 1.807) is 6.07 Å². The number of ether oxygens (including phenoxy) is 1. The Morgan fingerprint density at radius 2 is 1.88 bits per heavy atom. The van der Waals surface area contributed by atoms with Crippen LogP contribution in [0.3, 0.4) is 0 Å². The van der Waals surface area contributed by atoms with Gasteiger partial charge in [-0.1, -0.05) is 12.1 Å². The van der Waals surface area contributed by atoms with Gasteiger partial charge in [0.05, 0.1) is 5.56 Å². The lowest BCUT2D eigenvalue weighted by Gasteiger charge is -2.41. The number of halogens is 1. The number of amides is 1. The van der Waals surface area contributed by atoms with E-state index in [0.717, 1.165) is 25.9 Å². The first kappa shape index (κ1) is 12.2. The molecule has 3 rings (SSSR count). The van der Waals surface area contributed by atoms with Crippen LogP contribution in [0.1, 0.15) is 23.2 Å². The monoisotopic (exact) mass is 254 g/mol. The van der Waals surface area contributed by atoms with Crippen molar-refractivity contribution in [1.29, 1.82) is 0 Å². The van der Waals surface area contributed by atoms with Crippen LogP contribution in [0.5, 0.6) is 5.75 Å². The largest absolute Gasteiger partial charge is 0.467 e. The van der Waals surface area contributed by atoms with Gasteiger partial charge in [-0.2, -0.15) is 0 Å². The first-order valence-corrected chi connectivity index (χ1v) is 5.60. The first-order valence-electron chi connectivity index (χ1n) is 5.60. The van der Waals surface area contributed by atoms with Crippen molar-refractivity contribution < 1.29 is 9.53 Å². The predicted molar refractivity (Wildman–Crippen MR) is 66.6 cm³/mol. The highest BCUT2D eigenvalue weighted by Crippen LogP contribution is 2.31. The van der Waals surface area contributed by atoms with Gasteiger partial charge in [-0.3, -0.25) is 4.79 Å². The fraction of sp³-hybridized carbons (Fsp3) is 0.417. The molecule has 2 heterocycles. The lowest BCUT2D eigenvalue weighted by atomic mass is 9.98. The second-order valence-electron chi connectivity index (χ2n) is 4.30. The Bertz CT molecular complexity index is 430. The van der Waals surface area contributed by atoms with Crippen molar-refractivity contribution in [3.63, 3.8) is 0 Å². The summed E-state index contributed by atoms with van der Waals surface area (Å²) in [5.74, 6) is 0.678. The molecular formula is C12H15ClN2O2. The minimum Gasteiger partial charge on any atom is -0.467 e. The zero-order valence-corrected chi connectivity index (χ0v) is 10.2. The van der Waals surface area contributed by atoms with Gasteiger partial charge in [-0.15, -0.1) is 12.4 Å². The number of piperidine rings is 1. The summed E-state index contributed by atoms with van der Waals surface area (Å²) in [7, 11) is 0. The van der Waals surface area contributed by atoms with E-state index in [-0.39, 0.29) is 18.3 Å². The quantitative estimate of drug-likeness (QED) is 0.734. The third kappa shape index (κ3) is 2.10. The van der Waals surface area contributed by atoms with Crippen LogP contribution in [-0.4, -0.2) is 24.7 Å². The predicted octanol–water partition coefficient (Wildman–Crippen LogP) is 1.31. The smallest absolute Gasteiger partial charge is 0.258 e. The topological polar surface area (TPSA) is 50.4 Å². The van der Waals surface area contributed by atoms with E-state index in [1.807, 2.05) is 18.2 Å². The fourth-order valence-electron chi connectivity index (χ4n) is 2.31. The molecule has 0 saturated carbocycles. The van der Waals surface area contributed by atoms with Crippen LogP contribution in [0.25, 0.3) is 0 Å². The lowest BCUT2D eigenvalue weighted by Crippen LogP contribution is -2.60. The summed E-state index contributed by atoms with van der Waals surface area (Å²) in [5.41, 5.74) is 0.142. The van der Waals surface area contributed by atoms with E-state index in [1.165, 1.54) is 0 Å². The van der Waals surface area contributed by atoms with Crippen LogP contribution in [-0.2, 0) is 0 Å². The van der Waals surface area contributed by atoms with E-state index in [4.69, 9.17) is 4.74 Å². The van der Waals surface area contributed by atoms with Crippen molar-refractivity contribution in [1.82, 2.24) is 10.6 Å². The Hall–Kier alpha value is -1.26. The van der Waals surface area contributed by atoms with Gasteiger partial charge in [-0.25, -0.2) is 0 Å². The highest BCUT2D eigenvalue weighted by Gasteiger charge is 2.40. The number of para-hydroxylation sites is 1. The normalized spacial score (nSPS) is 20.8. The Morgan fingerprint density at radius 1 is 1.18 bits per heavy atom. The third-order valence-corrected chi connectivity index (χ3v) is 3.19. The van der Waals surface area contributed by atoms with Crippen molar-refractivity contribution in [3.05, 3.63) is 29.8 Å². The summed E-state index contributed by atoms with van der Waals surface area (Å²) < 4.78 is 5.96. The van der Waals surface area contributed by atoms with Gasteiger partial charge >= 0.3 is 0 Å². The van der Waals surface area contributed by atoms with Gasteiger partial charge in [0.1, 0.15) is 5.75 Å². The van der Waals surface area contributed by atoms with Crippen LogP contribution in [0.2, 0.25) is 0 Å². The SMILES string of the molecule is Cl.O=C1NC2(CCNCC2)Oc2ccccc21. The summed E-state index contributed by atoms with van der Waals surface area (Å²) in [5, 5.41) is 6.25. The number of benzene rings is 1. The summed E-state index contributed by atoms with van der Waals surface area (Å²) in [6, 6.07) is 7.39. The Morgan fingerprint density at radius 3 is 2.65 bits per heavy atom. The van der Waals surface area contributed by atoms with Gasteiger partial charge in [0, 0.05) is 25.9 Å². The highest BCUT2D eigenvalue weighted by molar-refractivity contribution is 5.98. The molecule has 0 bridgehead atoms. The molecule has 2 aliphatic rings. The number of hydrogen-bond donors (Lipinski definition) is 2. The average molecular weight is 255 g/mol. The maximum absolute atomic E-state index is 11.9. The number of nitrogens with one attached hydrogen (secondary N) is 2. The van der Waals surface area contributed by atoms with Crippen molar-refractivity contribution >= 4 is 18.3 Å².